The zero-order chi connectivity index (χ0) is 21.4. The van der Waals surface area contributed by atoms with Crippen LogP contribution in [-0.2, 0) is 22.6 Å². The normalized spacial score (nSPS) is 10.9. The molecule has 2 rings (SSSR count). The van der Waals surface area contributed by atoms with E-state index in [0.717, 1.165) is 35.8 Å². The van der Waals surface area contributed by atoms with Gasteiger partial charge < -0.3 is 29.6 Å². The van der Waals surface area contributed by atoms with Gasteiger partial charge in [-0.3, -0.25) is 4.99 Å². The fraction of sp³-hybridized carbons (Fsp3) is 0.435. The molecular formula is C23H34IN3O4. The van der Waals surface area contributed by atoms with Crippen LogP contribution in [0.25, 0.3) is 0 Å². The SMILES string of the molecule is CN=C(NCCCOCCOC)NCc1ccc(OCc2ccccc2)c(OC)c1.I. The molecule has 7 nitrogen and oxygen atoms in total. The number of ether oxygens (including phenoxy) is 4. The van der Waals surface area contributed by atoms with Crippen LogP contribution in [-0.4, -0.2) is 53.6 Å². The van der Waals surface area contributed by atoms with Gasteiger partial charge in [-0.15, -0.1) is 24.0 Å². The minimum Gasteiger partial charge on any atom is -0.493 e. The summed E-state index contributed by atoms with van der Waals surface area (Å²) in [6.07, 6.45) is 0.895. The molecule has 0 aliphatic carbocycles. The summed E-state index contributed by atoms with van der Waals surface area (Å²) in [5, 5.41) is 6.59. The molecule has 0 aliphatic heterocycles. The summed E-state index contributed by atoms with van der Waals surface area (Å²) in [6, 6.07) is 16.0. The third-order valence-electron chi connectivity index (χ3n) is 4.34. The van der Waals surface area contributed by atoms with Crippen molar-refractivity contribution < 1.29 is 18.9 Å². The highest BCUT2D eigenvalue weighted by Crippen LogP contribution is 2.28. The molecule has 2 aromatic carbocycles. The number of halogens is 1. The quantitative estimate of drug-likeness (QED) is 0.174. The topological polar surface area (TPSA) is 73.3 Å². The van der Waals surface area contributed by atoms with Crippen molar-refractivity contribution in [1.29, 1.82) is 0 Å². The highest BCUT2D eigenvalue weighted by Gasteiger charge is 2.07. The maximum absolute atomic E-state index is 5.92. The number of aliphatic imine (C=N–C) groups is 1. The van der Waals surface area contributed by atoms with Gasteiger partial charge in [-0.2, -0.15) is 0 Å². The van der Waals surface area contributed by atoms with Gasteiger partial charge in [-0.05, 0) is 29.7 Å². The predicted molar refractivity (Wildman–Crippen MR) is 135 cm³/mol. The van der Waals surface area contributed by atoms with E-state index in [4.69, 9.17) is 18.9 Å². The molecule has 0 spiro atoms. The molecule has 2 aromatic rings. The molecule has 0 aliphatic rings. The number of guanidine groups is 1. The number of nitrogens with one attached hydrogen (secondary N) is 2. The predicted octanol–water partition coefficient (Wildman–Crippen LogP) is 3.61. The molecule has 0 atom stereocenters. The summed E-state index contributed by atoms with van der Waals surface area (Å²) in [5.41, 5.74) is 2.19. The van der Waals surface area contributed by atoms with Crippen molar-refractivity contribution in [2.45, 2.75) is 19.6 Å². The molecule has 0 radical (unpaired) electrons. The Bertz CT molecular complexity index is 760. The fourth-order valence-electron chi connectivity index (χ4n) is 2.71. The molecule has 2 N–H and O–H groups in total. The first-order valence-electron chi connectivity index (χ1n) is 10.1. The van der Waals surface area contributed by atoms with E-state index >= 15 is 0 Å². The van der Waals surface area contributed by atoms with Gasteiger partial charge in [-0.1, -0.05) is 36.4 Å². The Kier molecular flexibility index (Phi) is 14.5. The van der Waals surface area contributed by atoms with Gasteiger partial charge in [0.15, 0.2) is 17.5 Å². The number of nitrogens with zero attached hydrogens (tertiary/aromatic N) is 1. The van der Waals surface area contributed by atoms with Crippen molar-refractivity contribution in [2.75, 3.05) is 47.6 Å². The molecule has 31 heavy (non-hydrogen) atoms. The smallest absolute Gasteiger partial charge is 0.191 e. The monoisotopic (exact) mass is 543 g/mol. The highest BCUT2D eigenvalue weighted by atomic mass is 127. The lowest BCUT2D eigenvalue weighted by Gasteiger charge is -2.14. The van der Waals surface area contributed by atoms with Crippen LogP contribution >= 0.6 is 24.0 Å². The van der Waals surface area contributed by atoms with Crippen molar-refractivity contribution in [3.05, 3.63) is 59.7 Å². The third-order valence-corrected chi connectivity index (χ3v) is 4.34. The van der Waals surface area contributed by atoms with E-state index in [-0.39, 0.29) is 24.0 Å². The third kappa shape index (κ3) is 10.7. The minimum absolute atomic E-state index is 0. The minimum atomic E-state index is 0. The van der Waals surface area contributed by atoms with Gasteiger partial charge in [0.2, 0.25) is 0 Å². The number of benzene rings is 2. The molecule has 0 saturated heterocycles. The van der Waals surface area contributed by atoms with Gasteiger partial charge in [0.25, 0.3) is 0 Å². The maximum Gasteiger partial charge on any atom is 0.191 e. The van der Waals surface area contributed by atoms with Crippen LogP contribution in [0.5, 0.6) is 11.5 Å². The Morgan fingerprint density at radius 3 is 2.42 bits per heavy atom. The van der Waals surface area contributed by atoms with Crippen molar-refractivity contribution in [3.8, 4) is 11.5 Å². The van der Waals surface area contributed by atoms with Crippen LogP contribution < -0.4 is 20.1 Å². The molecule has 0 amide bonds. The number of rotatable bonds is 13. The lowest BCUT2D eigenvalue weighted by molar-refractivity contribution is 0.0698. The molecule has 0 unspecified atom stereocenters. The molecule has 0 aromatic heterocycles. The van der Waals surface area contributed by atoms with Crippen LogP contribution in [0, 0.1) is 0 Å². The van der Waals surface area contributed by atoms with Crippen molar-refractivity contribution in [3.63, 3.8) is 0 Å². The van der Waals surface area contributed by atoms with Crippen molar-refractivity contribution in [2.24, 2.45) is 4.99 Å². The van der Waals surface area contributed by atoms with E-state index in [1.807, 2.05) is 48.5 Å². The lowest BCUT2D eigenvalue weighted by Crippen LogP contribution is -2.37. The second-order valence-electron chi connectivity index (χ2n) is 6.57. The Labute approximate surface area is 202 Å². The Hall–Kier alpha value is -2.04. The maximum atomic E-state index is 5.92. The Morgan fingerprint density at radius 1 is 0.903 bits per heavy atom. The zero-order valence-electron chi connectivity index (χ0n) is 18.6. The van der Waals surface area contributed by atoms with Gasteiger partial charge in [0.05, 0.1) is 20.3 Å². The first kappa shape index (κ1) is 27.0. The van der Waals surface area contributed by atoms with Crippen LogP contribution in [0.1, 0.15) is 17.5 Å². The van der Waals surface area contributed by atoms with Gasteiger partial charge in [0, 0.05) is 33.9 Å². The average Bonchev–Trinajstić information content (AvgIpc) is 2.80. The van der Waals surface area contributed by atoms with Crippen LogP contribution in [0.2, 0.25) is 0 Å². The van der Waals surface area contributed by atoms with E-state index in [1.54, 1.807) is 21.3 Å². The summed E-state index contributed by atoms with van der Waals surface area (Å²) in [4.78, 5) is 4.25. The summed E-state index contributed by atoms with van der Waals surface area (Å²) in [6.45, 7) is 3.84. The standard InChI is InChI=1S/C23H33N3O4.HI/c1-24-23(25-12-7-13-29-15-14-27-2)26-17-20-10-11-21(22(16-20)28-3)30-18-19-8-5-4-6-9-19;/h4-6,8-11,16H,7,12-15,17-18H2,1-3H3,(H2,24,25,26);1H. The number of hydrogen-bond donors (Lipinski definition) is 2. The zero-order valence-corrected chi connectivity index (χ0v) is 20.9. The van der Waals surface area contributed by atoms with E-state index < -0.39 is 0 Å². The summed E-state index contributed by atoms with van der Waals surface area (Å²) < 4.78 is 21.8. The van der Waals surface area contributed by atoms with Crippen molar-refractivity contribution >= 4 is 29.9 Å². The van der Waals surface area contributed by atoms with E-state index in [0.29, 0.717) is 38.7 Å². The van der Waals surface area contributed by atoms with Crippen LogP contribution in [0.15, 0.2) is 53.5 Å². The van der Waals surface area contributed by atoms with Gasteiger partial charge in [-0.25, -0.2) is 0 Å². The van der Waals surface area contributed by atoms with E-state index in [9.17, 15) is 0 Å². The second-order valence-corrected chi connectivity index (χ2v) is 6.57. The van der Waals surface area contributed by atoms with E-state index in [2.05, 4.69) is 15.6 Å². The van der Waals surface area contributed by atoms with Crippen LogP contribution in [0.4, 0.5) is 0 Å². The summed E-state index contributed by atoms with van der Waals surface area (Å²) >= 11 is 0. The molecule has 0 fully saturated rings. The van der Waals surface area contributed by atoms with Gasteiger partial charge >= 0.3 is 0 Å². The highest BCUT2D eigenvalue weighted by molar-refractivity contribution is 14.0. The molecule has 8 heteroatoms. The van der Waals surface area contributed by atoms with Crippen LogP contribution in [0.3, 0.4) is 0 Å². The first-order chi connectivity index (χ1) is 14.8. The Balaban J connectivity index is 0.00000480. The summed E-state index contributed by atoms with van der Waals surface area (Å²) in [5.74, 6) is 2.18. The van der Waals surface area contributed by atoms with Gasteiger partial charge in [0.1, 0.15) is 6.61 Å². The average molecular weight is 543 g/mol. The number of methoxy groups -OCH3 is 2. The molecule has 0 heterocycles. The largest absolute Gasteiger partial charge is 0.493 e. The number of hydrogen-bond acceptors (Lipinski definition) is 5. The summed E-state index contributed by atoms with van der Waals surface area (Å²) in [7, 11) is 5.07. The molecule has 172 valence electrons. The van der Waals surface area contributed by atoms with Crippen molar-refractivity contribution in [1.82, 2.24) is 10.6 Å². The lowest BCUT2D eigenvalue weighted by atomic mass is 10.2. The second kappa shape index (κ2) is 16.6. The first-order valence-corrected chi connectivity index (χ1v) is 10.1. The van der Waals surface area contributed by atoms with E-state index in [1.165, 1.54) is 0 Å². The molecular weight excluding hydrogens is 509 g/mol. The fourth-order valence-corrected chi connectivity index (χ4v) is 2.71. The molecule has 0 saturated carbocycles. The molecule has 0 bridgehead atoms. The Morgan fingerprint density at radius 2 is 1.71 bits per heavy atom.